The van der Waals surface area contributed by atoms with Gasteiger partial charge in [0, 0.05) is 17.6 Å². The number of ether oxygens (including phenoxy) is 1. The number of nitrogens with one attached hydrogen (secondary N) is 1. The van der Waals surface area contributed by atoms with Crippen molar-refractivity contribution in [1.82, 2.24) is 0 Å². The molecule has 3 N–H and O–H groups in total. The van der Waals surface area contributed by atoms with Crippen molar-refractivity contribution < 1.29 is 37.8 Å². The molecule has 2 aliphatic heterocycles. The number of Topliss-reactive ketones (excluding diaryl/α,β-unsaturated/α-hetero) is 1. The molecule has 1 unspecified atom stereocenters. The normalized spacial score (nSPS) is 39.9. The van der Waals surface area contributed by atoms with E-state index in [-0.39, 0.29) is 30.2 Å². The van der Waals surface area contributed by atoms with E-state index in [1.807, 2.05) is 30.3 Å². The number of alkyl halides is 3. The number of aliphatic hydroxyl groups is 1. The lowest BCUT2D eigenvalue weighted by Crippen LogP contribution is -3.28. The van der Waals surface area contributed by atoms with Gasteiger partial charge in [0.05, 0.1) is 17.4 Å². The zero-order valence-electron chi connectivity index (χ0n) is 18.2. The number of phenolic OH excluding ortho intramolecular Hbond substituents is 1. The Kier molecular flexibility index (Phi) is 3.65. The molecule has 176 valence electrons. The van der Waals surface area contributed by atoms with Gasteiger partial charge < -0.3 is 19.8 Å². The molecule has 2 saturated carbocycles. The van der Waals surface area contributed by atoms with E-state index in [1.54, 1.807) is 12.1 Å². The molecule has 3 fully saturated rings. The minimum absolute atomic E-state index is 0.0388. The van der Waals surface area contributed by atoms with E-state index < -0.39 is 41.3 Å². The van der Waals surface area contributed by atoms with Gasteiger partial charge in [-0.3, -0.25) is 4.79 Å². The van der Waals surface area contributed by atoms with Crippen molar-refractivity contribution in [3.63, 3.8) is 0 Å². The van der Waals surface area contributed by atoms with Gasteiger partial charge in [-0.05, 0) is 36.1 Å². The van der Waals surface area contributed by atoms with Gasteiger partial charge in [-0.2, -0.15) is 13.2 Å². The molecule has 1 saturated heterocycles. The van der Waals surface area contributed by atoms with Crippen molar-refractivity contribution >= 4 is 11.9 Å². The summed E-state index contributed by atoms with van der Waals surface area (Å²) in [6.45, 7) is -0.737. The van der Waals surface area contributed by atoms with Crippen molar-refractivity contribution in [2.75, 3.05) is 13.1 Å². The number of carbonyl (C=O) groups is 1. The van der Waals surface area contributed by atoms with Crippen LogP contribution in [0.1, 0.15) is 29.5 Å². The monoisotopic (exact) mass is 470 g/mol. The summed E-state index contributed by atoms with van der Waals surface area (Å²) in [6.07, 6.45) is -2.87. The molecule has 7 rings (SSSR count). The van der Waals surface area contributed by atoms with Crippen LogP contribution in [-0.2, 0) is 16.6 Å². The third-order valence-electron chi connectivity index (χ3n) is 8.96. The van der Waals surface area contributed by atoms with Crippen LogP contribution in [0.4, 0.5) is 13.2 Å². The Balaban J connectivity index is 1.44. The Labute approximate surface area is 193 Å². The summed E-state index contributed by atoms with van der Waals surface area (Å²) in [5, 5.41) is 23.1. The maximum absolute atomic E-state index is 13.8. The Hall–Kier alpha value is -2.84. The van der Waals surface area contributed by atoms with Crippen LogP contribution in [0.5, 0.6) is 11.5 Å². The SMILES string of the molecule is O=C1/C(=C/c2ccccc2)C[C@@]2(O)[C@@H]3[NH+](CC(F)(F)F)C[C@@]34Cc3ccc(O)c5c3[C@@]2(C4)[C@H]1O5. The van der Waals surface area contributed by atoms with Crippen LogP contribution in [0.3, 0.4) is 0 Å². The fraction of sp³-hybridized carbons (Fsp3) is 0.423. The first-order valence-electron chi connectivity index (χ1n) is 11.5. The number of aromatic hydroxyl groups is 1. The van der Waals surface area contributed by atoms with Gasteiger partial charge in [-0.15, -0.1) is 0 Å². The summed E-state index contributed by atoms with van der Waals surface area (Å²) in [6, 6.07) is 11.8. The number of carbonyl (C=O) groups excluding carboxylic acids is 1. The minimum Gasteiger partial charge on any atom is -0.504 e. The molecule has 2 aromatic carbocycles. The average Bonchev–Trinajstić information content (AvgIpc) is 3.18. The highest BCUT2D eigenvalue weighted by Gasteiger charge is 2.87. The molecule has 34 heavy (non-hydrogen) atoms. The predicted molar refractivity (Wildman–Crippen MR) is 114 cm³/mol. The zero-order chi connectivity index (χ0) is 23.7. The summed E-state index contributed by atoms with van der Waals surface area (Å²) in [5.74, 6) is -0.185. The van der Waals surface area contributed by atoms with E-state index in [9.17, 15) is 28.2 Å². The number of phenols is 1. The number of quaternary nitrogens is 1. The molecule has 0 aromatic heterocycles. The molecule has 2 spiro atoms. The fourth-order valence-electron chi connectivity index (χ4n) is 8.26. The number of hydrogen-bond donors (Lipinski definition) is 3. The Morgan fingerprint density at radius 2 is 1.91 bits per heavy atom. The van der Waals surface area contributed by atoms with E-state index in [1.165, 1.54) is 6.07 Å². The van der Waals surface area contributed by atoms with Crippen LogP contribution in [0, 0.1) is 5.41 Å². The number of fused-ring (bicyclic) bond motifs is 1. The summed E-state index contributed by atoms with van der Waals surface area (Å²) >= 11 is 0. The van der Waals surface area contributed by atoms with E-state index in [0.717, 1.165) is 11.1 Å². The number of likely N-dealkylation sites (tertiary alicyclic amines) is 1. The van der Waals surface area contributed by atoms with E-state index in [0.29, 0.717) is 28.9 Å². The first-order valence-corrected chi connectivity index (χ1v) is 11.5. The van der Waals surface area contributed by atoms with Crippen LogP contribution in [-0.4, -0.2) is 53.0 Å². The maximum Gasteiger partial charge on any atom is 0.438 e. The third kappa shape index (κ3) is 2.26. The van der Waals surface area contributed by atoms with E-state index in [4.69, 9.17) is 4.74 Å². The lowest BCUT2D eigenvalue weighted by molar-refractivity contribution is -1.00. The lowest BCUT2D eigenvalue weighted by Gasteiger charge is -2.54. The Morgan fingerprint density at radius 1 is 1.15 bits per heavy atom. The van der Waals surface area contributed by atoms with Gasteiger partial charge in [-0.25, -0.2) is 0 Å². The molecule has 3 aliphatic carbocycles. The molecule has 5 aliphatic rings. The standard InChI is InChI=1S/C26H22F3NO4/c27-26(28,29)13-30-12-23-9-15-6-7-17(31)20-18(15)24(11-23)21(34-20)19(32)16(10-25(24,33)22(23)30)8-14-4-2-1-3-5-14/h1-8,21-22,31,33H,9-13H2/p+1/b16-8+/t21-,22+,23-,24-,25+/m0/s1. The van der Waals surface area contributed by atoms with Crippen molar-refractivity contribution in [2.45, 2.75) is 48.6 Å². The summed E-state index contributed by atoms with van der Waals surface area (Å²) < 4.78 is 46.6. The first kappa shape index (κ1) is 20.5. The quantitative estimate of drug-likeness (QED) is 0.587. The highest BCUT2D eigenvalue weighted by atomic mass is 19.4. The smallest absolute Gasteiger partial charge is 0.438 e. The fourth-order valence-corrected chi connectivity index (χ4v) is 8.26. The van der Waals surface area contributed by atoms with Gasteiger partial charge in [0.1, 0.15) is 11.6 Å². The van der Waals surface area contributed by atoms with Crippen LogP contribution in [0.15, 0.2) is 48.0 Å². The van der Waals surface area contributed by atoms with Crippen molar-refractivity contribution in [3.8, 4) is 11.5 Å². The molecule has 6 atom stereocenters. The zero-order valence-corrected chi connectivity index (χ0v) is 18.2. The van der Waals surface area contributed by atoms with E-state index >= 15 is 0 Å². The second-order valence-corrected chi connectivity index (χ2v) is 10.7. The van der Waals surface area contributed by atoms with Crippen LogP contribution in [0.2, 0.25) is 0 Å². The number of benzene rings is 2. The molecule has 2 bridgehead atoms. The predicted octanol–water partition coefficient (Wildman–Crippen LogP) is 1.95. The third-order valence-corrected chi connectivity index (χ3v) is 8.96. The molecule has 2 aromatic rings. The van der Waals surface area contributed by atoms with Crippen molar-refractivity contribution in [3.05, 3.63) is 64.7 Å². The highest BCUT2D eigenvalue weighted by Crippen LogP contribution is 2.72. The van der Waals surface area contributed by atoms with Gasteiger partial charge in [-0.1, -0.05) is 36.4 Å². The van der Waals surface area contributed by atoms with Gasteiger partial charge in [0.25, 0.3) is 0 Å². The molecule has 8 heteroatoms. The topological polar surface area (TPSA) is 71.2 Å². The molecule has 2 heterocycles. The molecule has 5 nitrogen and oxygen atoms in total. The maximum atomic E-state index is 13.8. The number of rotatable bonds is 2. The molecular formula is C26H23F3NO4+. The van der Waals surface area contributed by atoms with Crippen LogP contribution < -0.4 is 9.64 Å². The van der Waals surface area contributed by atoms with Gasteiger partial charge >= 0.3 is 6.18 Å². The molecule has 0 amide bonds. The van der Waals surface area contributed by atoms with Gasteiger partial charge in [0.15, 0.2) is 29.9 Å². The van der Waals surface area contributed by atoms with Crippen molar-refractivity contribution in [1.29, 1.82) is 0 Å². The van der Waals surface area contributed by atoms with Crippen molar-refractivity contribution in [2.24, 2.45) is 5.41 Å². The Bertz CT molecular complexity index is 1290. The number of hydrogen-bond acceptors (Lipinski definition) is 4. The summed E-state index contributed by atoms with van der Waals surface area (Å²) in [4.78, 5) is 14.1. The minimum atomic E-state index is -4.36. The second-order valence-electron chi connectivity index (χ2n) is 10.7. The van der Waals surface area contributed by atoms with E-state index in [2.05, 4.69) is 0 Å². The highest BCUT2D eigenvalue weighted by molar-refractivity contribution is 6.06. The Morgan fingerprint density at radius 3 is 2.65 bits per heavy atom. The number of ketones is 1. The molecular weight excluding hydrogens is 447 g/mol. The second kappa shape index (κ2) is 6.04. The first-order chi connectivity index (χ1) is 16.1. The average molecular weight is 470 g/mol. The lowest BCUT2D eigenvalue weighted by atomic mass is 9.56. The van der Waals surface area contributed by atoms with Crippen LogP contribution in [0.25, 0.3) is 6.08 Å². The molecule has 0 radical (unpaired) electrons. The summed E-state index contributed by atoms with van der Waals surface area (Å²) in [5.41, 5.74) is -0.694. The summed E-state index contributed by atoms with van der Waals surface area (Å²) in [7, 11) is 0. The largest absolute Gasteiger partial charge is 0.504 e. The van der Waals surface area contributed by atoms with Gasteiger partial charge in [0.2, 0.25) is 0 Å². The van der Waals surface area contributed by atoms with Crippen LogP contribution >= 0.6 is 0 Å². The number of halogens is 3.